The number of nitrogens with zero attached hydrogens (tertiary/aromatic N) is 2. The van der Waals surface area contributed by atoms with Crippen LogP contribution < -0.4 is 4.90 Å². The number of benzene rings is 3. The quantitative estimate of drug-likeness (QED) is 0.313. The molecular formula is C30H29F3N2O2. The molecule has 37 heavy (non-hydrogen) atoms. The molecule has 6 rings (SSSR count). The Morgan fingerprint density at radius 3 is 2.32 bits per heavy atom. The van der Waals surface area contributed by atoms with Gasteiger partial charge in [0.25, 0.3) is 0 Å². The first kappa shape index (κ1) is 23.9. The molecule has 2 heterocycles. The Kier molecular flexibility index (Phi) is 5.89. The van der Waals surface area contributed by atoms with Crippen molar-refractivity contribution in [2.24, 2.45) is 5.41 Å². The van der Waals surface area contributed by atoms with Gasteiger partial charge in [0.2, 0.25) is 0 Å². The van der Waals surface area contributed by atoms with Gasteiger partial charge in [-0.3, -0.25) is 0 Å². The molecule has 1 spiro atoms. The Hall–Kier alpha value is -3.48. The zero-order valence-corrected chi connectivity index (χ0v) is 20.6. The van der Waals surface area contributed by atoms with Gasteiger partial charge >= 0.3 is 12.3 Å². The maximum absolute atomic E-state index is 13.5. The van der Waals surface area contributed by atoms with E-state index >= 15 is 0 Å². The largest absolute Gasteiger partial charge is 0.445 e. The van der Waals surface area contributed by atoms with Crippen molar-refractivity contribution in [1.29, 1.82) is 0 Å². The highest BCUT2D eigenvalue weighted by Crippen LogP contribution is 2.49. The lowest BCUT2D eigenvalue weighted by atomic mass is 9.71. The van der Waals surface area contributed by atoms with Crippen LogP contribution in [0.25, 0.3) is 11.1 Å². The molecule has 2 fully saturated rings. The third-order valence-electron chi connectivity index (χ3n) is 8.09. The zero-order chi connectivity index (χ0) is 25.6. The molecule has 0 aromatic heterocycles. The summed E-state index contributed by atoms with van der Waals surface area (Å²) >= 11 is 0. The molecule has 0 unspecified atom stereocenters. The Labute approximate surface area is 214 Å². The van der Waals surface area contributed by atoms with Crippen LogP contribution in [0.2, 0.25) is 0 Å². The summed E-state index contributed by atoms with van der Waals surface area (Å²) in [6, 6.07) is 21.2. The molecule has 0 atom stereocenters. The van der Waals surface area contributed by atoms with Gasteiger partial charge in [-0.05, 0) is 46.2 Å². The van der Waals surface area contributed by atoms with Crippen molar-refractivity contribution in [3.8, 4) is 11.1 Å². The average molecular weight is 507 g/mol. The van der Waals surface area contributed by atoms with E-state index in [2.05, 4.69) is 17.0 Å². The summed E-state index contributed by atoms with van der Waals surface area (Å²) < 4.78 is 46.0. The van der Waals surface area contributed by atoms with Gasteiger partial charge in [0.1, 0.15) is 6.61 Å². The van der Waals surface area contributed by atoms with Crippen molar-refractivity contribution in [3.05, 3.63) is 89.0 Å². The SMILES string of the molecule is O=C(OCc1ccccc1)N1CCC2(CC1)CN(c1c(CC(F)(F)F)ccc3c1Cc1ccccc1-3)C2. The summed E-state index contributed by atoms with van der Waals surface area (Å²) in [4.78, 5) is 16.5. The predicted octanol–water partition coefficient (Wildman–Crippen LogP) is 6.60. The fraction of sp³-hybridized carbons (Fsp3) is 0.367. The van der Waals surface area contributed by atoms with Gasteiger partial charge in [0.15, 0.2) is 0 Å². The Morgan fingerprint density at radius 1 is 0.892 bits per heavy atom. The van der Waals surface area contributed by atoms with Crippen molar-refractivity contribution in [2.45, 2.75) is 38.5 Å². The molecule has 0 saturated carbocycles. The molecule has 0 N–H and O–H groups in total. The first-order valence-corrected chi connectivity index (χ1v) is 12.8. The number of ether oxygens (including phenoxy) is 1. The number of amides is 1. The van der Waals surface area contributed by atoms with E-state index in [0.29, 0.717) is 25.1 Å². The van der Waals surface area contributed by atoms with Crippen molar-refractivity contribution in [2.75, 3.05) is 31.1 Å². The summed E-state index contributed by atoms with van der Waals surface area (Å²) in [7, 11) is 0. The Bertz CT molecular complexity index is 1310. The van der Waals surface area contributed by atoms with E-state index in [4.69, 9.17) is 4.74 Å². The van der Waals surface area contributed by atoms with Gasteiger partial charge in [-0.15, -0.1) is 0 Å². The highest BCUT2D eigenvalue weighted by Gasteiger charge is 2.47. The van der Waals surface area contributed by atoms with Gasteiger partial charge in [-0.1, -0.05) is 66.7 Å². The zero-order valence-electron chi connectivity index (χ0n) is 20.6. The number of fused-ring (bicyclic) bond motifs is 3. The maximum atomic E-state index is 13.5. The molecule has 192 valence electrons. The molecule has 0 radical (unpaired) electrons. The predicted molar refractivity (Wildman–Crippen MR) is 137 cm³/mol. The monoisotopic (exact) mass is 506 g/mol. The second-order valence-corrected chi connectivity index (χ2v) is 10.6. The lowest BCUT2D eigenvalue weighted by Crippen LogP contribution is -2.61. The molecular weight excluding hydrogens is 477 g/mol. The van der Waals surface area contributed by atoms with Gasteiger partial charge in [-0.25, -0.2) is 4.79 Å². The van der Waals surface area contributed by atoms with E-state index in [9.17, 15) is 18.0 Å². The Morgan fingerprint density at radius 2 is 1.59 bits per heavy atom. The number of carbonyl (C=O) groups is 1. The lowest BCUT2D eigenvalue weighted by molar-refractivity contribution is -0.127. The highest BCUT2D eigenvalue weighted by atomic mass is 19.4. The highest BCUT2D eigenvalue weighted by molar-refractivity contribution is 5.84. The van der Waals surface area contributed by atoms with Crippen LogP contribution in [0.5, 0.6) is 0 Å². The topological polar surface area (TPSA) is 32.8 Å². The van der Waals surface area contributed by atoms with Crippen LogP contribution in [-0.4, -0.2) is 43.3 Å². The van der Waals surface area contributed by atoms with Crippen molar-refractivity contribution in [3.63, 3.8) is 0 Å². The lowest BCUT2D eigenvalue weighted by Gasteiger charge is -2.55. The van der Waals surface area contributed by atoms with E-state index in [0.717, 1.165) is 53.9 Å². The van der Waals surface area contributed by atoms with Crippen molar-refractivity contribution in [1.82, 2.24) is 4.90 Å². The maximum Gasteiger partial charge on any atom is 0.410 e. The standard InChI is InChI=1S/C30H29F3N2O2/c31-30(32,33)17-23-10-11-25-24-9-5-4-8-22(24)16-26(25)27(23)35-19-29(20-35)12-14-34(15-13-29)28(36)37-18-21-6-2-1-3-7-21/h1-11H,12-20H2. The number of halogens is 3. The molecule has 1 amide bonds. The summed E-state index contributed by atoms with van der Waals surface area (Å²) in [6.07, 6.45) is -3.17. The molecule has 2 aliphatic heterocycles. The average Bonchev–Trinajstić information content (AvgIpc) is 3.24. The minimum atomic E-state index is -4.26. The molecule has 4 nitrogen and oxygen atoms in total. The van der Waals surface area contributed by atoms with E-state index in [-0.39, 0.29) is 18.1 Å². The second kappa shape index (κ2) is 9.12. The number of hydrogen-bond acceptors (Lipinski definition) is 3. The van der Waals surface area contributed by atoms with Crippen LogP contribution in [0.1, 0.15) is 35.1 Å². The summed E-state index contributed by atoms with van der Waals surface area (Å²) in [6.45, 7) is 2.90. The number of hydrogen-bond donors (Lipinski definition) is 0. The van der Waals surface area contributed by atoms with Crippen LogP contribution in [0.4, 0.5) is 23.7 Å². The van der Waals surface area contributed by atoms with E-state index in [1.807, 2.05) is 48.5 Å². The summed E-state index contributed by atoms with van der Waals surface area (Å²) in [5, 5.41) is 0. The number of alkyl halides is 3. The fourth-order valence-electron chi connectivity index (χ4n) is 6.21. The van der Waals surface area contributed by atoms with Gasteiger partial charge in [0.05, 0.1) is 6.42 Å². The minimum Gasteiger partial charge on any atom is -0.445 e. The number of carbonyl (C=O) groups excluding carboxylic acids is 1. The van der Waals surface area contributed by atoms with Gasteiger partial charge in [0, 0.05) is 43.7 Å². The van der Waals surface area contributed by atoms with Crippen LogP contribution in [0.3, 0.4) is 0 Å². The molecule has 2 saturated heterocycles. The third-order valence-corrected chi connectivity index (χ3v) is 8.09. The van der Waals surface area contributed by atoms with E-state index in [1.165, 1.54) is 5.56 Å². The third kappa shape index (κ3) is 4.67. The first-order chi connectivity index (χ1) is 17.8. The smallest absolute Gasteiger partial charge is 0.410 e. The fourth-order valence-corrected chi connectivity index (χ4v) is 6.21. The normalized spacial score (nSPS) is 17.8. The molecule has 3 aromatic rings. The van der Waals surface area contributed by atoms with Gasteiger partial charge in [-0.2, -0.15) is 13.2 Å². The van der Waals surface area contributed by atoms with Crippen LogP contribution in [0.15, 0.2) is 66.7 Å². The second-order valence-electron chi connectivity index (χ2n) is 10.6. The van der Waals surface area contributed by atoms with Gasteiger partial charge < -0.3 is 14.5 Å². The number of rotatable bonds is 4. The minimum absolute atomic E-state index is 0.0277. The first-order valence-electron chi connectivity index (χ1n) is 12.8. The van der Waals surface area contributed by atoms with Crippen molar-refractivity contribution < 1.29 is 22.7 Å². The van der Waals surface area contributed by atoms with Crippen molar-refractivity contribution >= 4 is 11.8 Å². The Balaban J connectivity index is 1.14. The van der Waals surface area contributed by atoms with Crippen LogP contribution in [0, 0.1) is 5.41 Å². The molecule has 7 heteroatoms. The number of likely N-dealkylation sites (tertiary alicyclic amines) is 1. The number of piperidine rings is 1. The van der Waals surface area contributed by atoms with E-state index in [1.54, 1.807) is 11.0 Å². The molecule has 0 bridgehead atoms. The van der Waals surface area contributed by atoms with Crippen LogP contribution in [-0.2, 0) is 24.2 Å². The number of anilines is 1. The summed E-state index contributed by atoms with van der Waals surface area (Å²) in [5.41, 5.74) is 6.45. The molecule has 1 aliphatic carbocycles. The molecule has 3 aromatic carbocycles. The van der Waals surface area contributed by atoms with E-state index < -0.39 is 12.6 Å². The summed E-state index contributed by atoms with van der Waals surface area (Å²) in [5.74, 6) is 0. The molecule has 3 aliphatic rings. The van der Waals surface area contributed by atoms with Crippen LogP contribution >= 0.6 is 0 Å².